The van der Waals surface area contributed by atoms with Crippen LogP contribution in [0.25, 0.3) is 0 Å². The van der Waals surface area contributed by atoms with Crippen molar-refractivity contribution < 1.29 is 24.2 Å². The van der Waals surface area contributed by atoms with Gasteiger partial charge in [-0.3, -0.25) is 14.4 Å². The molecule has 2 aromatic carbocycles. The average molecular weight is 590 g/mol. The molecule has 4 heterocycles. The van der Waals surface area contributed by atoms with Gasteiger partial charge in [-0.2, -0.15) is 0 Å². The predicted molar refractivity (Wildman–Crippen MR) is 160 cm³/mol. The molecule has 0 saturated carbocycles. The molecule has 2 saturated heterocycles. The highest BCUT2D eigenvalue weighted by molar-refractivity contribution is 6.30. The first kappa shape index (κ1) is 28.6. The second-order valence-corrected chi connectivity index (χ2v) is 12.2. The van der Waals surface area contributed by atoms with Crippen LogP contribution in [-0.4, -0.2) is 76.1 Å². The summed E-state index contributed by atoms with van der Waals surface area (Å²) in [5.41, 5.74) is -0.697. The van der Waals surface area contributed by atoms with E-state index in [4.69, 9.17) is 16.3 Å². The molecule has 4 aliphatic rings. The number of amides is 3. The third kappa shape index (κ3) is 4.75. The summed E-state index contributed by atoms with van der Waals surface area (Å²) >= 11 is 6.13. The van der Waals surface area contributed by atoms with Gasteiger partial charge in [-0.05, 0) is 56.0 Å². The molecule has 2 fully saturated rings. The van der Waals surface area contributed by atoms with Crippen molar-refractivity contribution in [1.29, 1.82) is 0 Å². The number of rotatable bonds is 8. The van der Waals surface area contributed by atoms with Crippen LogP contribution >= 0.6 is 11.6 Å². The highest BCUT2D eigenvalue weighted by Gasteiger charge is 2.74. The third-order valence-electron chi connectivity index (χ3n) is 9.05. The van der Waals surface area contributed by atoms with Crippen molar-refractivity contribution in [1.82, 2.24) is 9.80 Å². The molecule has 9 heteroatoms. The number of benzene rings is 2. The normalized spacial score (nSPS) is 30.3. The monoisotopic (exact) mass is 589 g/mol. The van der Waals surface area contributed by atoms with E-state index in [0.717, 1.165) is 5.56 Å². The Morgan fingerprint density at radius 2 is 1.62 bits per heavy atom. The van der Waals surface area contributed by atoms with E-state index in [2.05, 4.69) is 0 Å². The van der Waals surface area contributed by atoms with Crippen LogP contribution in [0.15, 0.2) is 78.9 Å². The lowest BCUT2D eigenvalue weighted by atomic mass is 9.74. The van der Waals surface area contributed by atoms with E-state index in [1.165, 1.54) is 0 Å². The number of hydrogen-bond acceptors (Lipinski definition) is 5. The van der Waals surface area contributed by atoms with Gasteiger partial charge < -0.3 is 24.5 Å². The van der Waals surface area contributed by atoms with Crippen LogP contribution < -0.4 is 4.90 Å². The molecule has 5 atom stereocenters. The van der Waals surface area contributed by atoms with E-state index in [9.17, 15) is 19.5 Å². The Kier molecular flexibility index (Phi) is 7.72. The van der Waals surface area contributed by atoms with Gasteiger partial charge in [0.2, 0.25) is 11.8 Å². The lowest BCUT2D eigenvalue weighted by molar-refractivity contribution is -0.148. The van der Waals surface area contributed by atoms with Gasteiger partial charge in [0.15, 0.2) is 0 Å². The van der Waals surface area contributed by atoms with Crippen LogP contribution in [0.5, 0.6) is 0 Å². The van der Waals surface area contributed by atoms with Crippen LogP contribution in [0, 0.1) is 11.8 Å². The third-order valence-corrected chi connectivity index (χ3v) is 9.30. The minimum atomic E-state index is -1.30. The highest BCUT2D eigenvalue weighted by atomic mass is 35.5. The molecule has 0 radical (unpaired) electrons. The summed E-state index contributed by atoms with van der Waals surface area (Å²) in [5, 5.41) is 9.87. The number of fused-ring (bicyclic) bond motifs is 2. The summed E-state index contributed by atoms with van der Waals surface area (Å²) in [6.07, 6.45) is 9.54. The number of aliphatic hydroxyl groups is 1. The Morgan fingerprint density at radius 3 is 2.36 bits per heavy atom. The van der Waals surface area contributed by atoms with E-state index in [0.29, 0.717) is 56.2 Å². The standard InChI is InChI=1S/C33H36ClN3O5/c1-32-16-8-18-35(22-23-10-4-2-5-11-23)29(39)26(32)27-30(40)37(19-6-3-7-21-38)28-31(41)36(20-9-17-33(27,28)42-32)25-14-12-24(34)13-15-25/h2,4-5,8-17,26-28,38H,3,6-7,18-22H2,1H3/t26-,27-,28?,32+,33-/m0/s1. The maximum Gasteiger partial charge on any atom is 0.253 e. The molecule has 0 aromatic heterocycles. The van der Waals surface area contributed by atoms with Gasteiger partial charge in [0, 0.05) is 43.5 Å². The van der Waals surface area contributed by atoms with Gasteiger partial charge in [-0.1, -0.05) is 66.2 Å². The first-order valence-electron chi connectivity index (χ1n) is 14.7. The van der Waals surface area contributed by atoms with E-state index in [1.807, 2.05) is 61.6 Å². The number of hydrogen-bond donors (Lipinski definition) is 1. The first-order chi connectivity index (χ1) is 20.3. The largest absolute Gasteiger partial charge is 0.396 e. The minimum absolute atomic E-state index is 0.0670. The zero-order valence-electron chi connectivity index (χ0n) is 23.7. The van der Waals surface area contributed by atoms with Crippen molar-refractivity contribution in [3.63, 3.8) is 0 Å². The zero-order chi connectivity index (χ0) is 29.5. The Labute approximate surface area is 251 Å². The summed E-state index contributed by atoms with van der Waals surface area (Å²) in [4.78, 5) is 48.4. The van der Waals surface area contributed by atoms with Crippen LogP contribution in [0.2, 0.25) is 5.02 Å². The topological polar surface area (TPSA) is 90.4 Å². The number of likely N-dealkylation sites (tertiary alicyclic amines) is 1. The number of aliphatic hydroxyl groups excluding tert-OH is 1. The molecule has 1 unspecified atom stereocenters. The second kappa shape index (κ2) is 11.3. The molecule has 3 amide bonds. The lowest BCUT2D eigenvalue weighted by Crippen LogP contribution is -2.56. The Bertz CT molecular complexity index is 1410. The predicted octanol–water partition coefficient (Wildman–Crippen LogP) is 3.97. The van der Waals surface area contributed by atoms with E-state index in [1.54, 1.807) is 39.0 Å². The SMILES string of the molecule is C[C@@]12C=CCN(Cc3ccccc3)C(=O)[C@@H]1[C@H]1C(=O)N(CCCCCO)C3C(=O)N(c4ccc(Cl)cc4)CC=C[C@@]31O2. The van der Waals surface area contributed by atoms with Crippen molar-refractivity contribution in [3.05, 3.63) is 89.5 Å². The number of nitrogens with zero attached hydrogens (tertiary/aromatic N) is 3. The number of ether oxygens (including phenoxy) is 1. The average Bonchev–Trinajstić information content (AvgIpc) is 3.25. The van der Waals surface area contributed by atoms with Crippen molar-refractivity contribution in [2.24, 2.45) is 11.8 Å². The summed E-state index contributed by atoms with van der Waals surface area (Å²) < 4.78 is 6.91. The summed E-state index contributed by atoms with van der Waals surface area (Å²) in [7, 11) is 0. The van der Waals surface area contributed by atoms with Crippen molar-refractivity contribution >= 4 is 35.0 Å². The fourth-order valence-corrected chi connectivity index (χ4v) is 7.31. The first-order valence-corrected chi connectivity index (χ1v) is 15.0. The van der Waals surface area contributed by atoms with Crippen LogP contribution in [0.4, 0.5) is 5.69 Å². The number of anilines is 1. The van der Waals surface area contributed by atoms with E-state index < -0.39 is 29.1 Å². The van der Waals surface area contributed by atoms with Crippen LogP contribution in [-0.2, 0) is 25.7 Å². The molecular formula is C33H36ClN3O5. The molecule has 42 heavy (non-hydrogen) atoms. The molecule has 0 bridgehead atoms. The fraction of sp³-hybridized carbons (Fsp3) is 0.424. The molecule has 1 spiro atoms. The van der Waals surface area contributed by atoms with Gasteiger partial charge >= 0.3 is 0 Å². The van der Waals surface area contributed by atoms with E-state index >= 15 is 0 Å². The number of carbonyl (C=O) groups excluding carboxylic acids is 3. The maximum atomic E-state index is 14.5. The molecule has 0 aliphatic carbocycles. The van der Waals surface area contributed by atoms with Crippen LogP contribution in [0.1, 0.15) is 31.7 Å². The molecular weight excluding hydrogens is 554 g/mol. The van der Waals surface area contributed by atoms with E-state index in [-0.39, 0.29) is 24.3 Å². The molecule has 4 aliphatic heterocycles. The summed E-state index contributed by atoms with van der Waals surface area (Å²) in [5.74, 6) is -2.29. The van der Waals surface area contributed by atoms with Gasteiger partial charge in [0.25, 0.3) is 5.91 Å². The number of unbranched alkanes of at least 4 members (excludes halogenated alkanes) is 2. The summed E-state index contributed by atoms with van der Waals surface area (Å²) in [6.45, 7) is 3.38. The maximum absolute atomic E-state index is 14.5. The minimum Gasteiger partial charge on any atom is -0.396 e. The fourth-order valence-electron chi connectivity index (χ4n) is 7.18. The summed E-state index contributed by atoms with van der Waals surface area (Å²) in [6, 6.07) is 15.9. The molecule has 220 valence electrons. The molecule has 1 N–H and O–H groups in total. The zero-order valence-corrected chi connectivity index (χ0v) is 24.5. The van der Waals surface area contributed by atoms with Gasteiger partial charge in [0.05, 0.1) is 17.4 Å². The highest BCUT2D eigenvalue weighted by Crippen LogP contribution is 2.57. The molecule has 8 nitrogen and oxygen atoms in total. The Hall–Kier alpha value is -3.46. The van der Waals surface area contributed by atoms with Gasteiger partial charge in [-0.25, -0.2) is 0 Å². The number of carbonyl (C=O) groups is 3. The van der Waals surface area contributed by atoms with Crippen LogP contribution in [0.3, 0.4) is 0 Å². The van der Waals surface area contributed by atoms with Crippen molar-refractivity contribution in [2.45, 2.75) is 50.0 Å². The number of halogens is 1. The molecule has 2 aromatic rings. The van der Waals surface area contributed by atoms with Gasteiger partial charge in [0.1, 0.15) is 11.6 Å². The quantitative estimate of drug-likeness (QED) is 0.372. The molecule has 6 rings (SSSR count). The van der Waals surface area contributed by atoms with Gasteiger partial charge in [-0.15, -0.1) is 0 Å². The smallest absolute Gasteiger partial charge is 0.253 e. The lowest BCUT2D eigenvalue weighted by Gasteiger charge is -2.37. The Balaban J connectivity index is 1.40. The van der Waals surface area contributed by atoms with Crippen molar-refractivity contribution in [3.8, 4) is 0 Å². The van der Waals surface area contributed by atoms with Crippen molar-refractivity contribution in [2.75, 3.05) is 31.1 Å². The second-order valence-electron chi connectivity index (χ2n) is 11.7. The Morgan fingerprint density at radius 1 is 0.881 bits per heavy atom.